The Morgan fingerprint density at radius 3 is 0.846 bits per heavy atom. The Kier molecular flexibility index (Phi) is 8.77. The average Bonchev–Trinajstić information content (AvgIpc) is 3.01. The molecule has 0 heterocycles. The molecule has 6 rings (SSSR count). The quantitative estimate of drug-likeness (QED) is 0.149. The zero-order valence-electron chi connectivity index (χ0n) is 21.8. The van der Waals surface area contributed by atoms with E-state index in [1.807, 2.05) is 0 Å². The summed E-state index contributed by atoms with van der Waals surface area (Å²) in [5, 5.41) is 8.75. The third-order valence-electron chi connectivity index (χ3n) is 6.90. The van der Waals surface area contributed by atoms with Crippen LogP contribution >= 0.6 is 15.8 Å². The van der Waals surface area contributed by atoms with Crippen LogP contribution in [-0.2, 0) is 24.6 Å². The molecular weight excluding hydrogens is 695 g/mol. The molecule has 0 saturated heterocycles. The van der Waals surface area contributed by atoms with Crippen molar-refractivity contribution in [2.75, 3.05) is 0 Å². The number of hydrogen-bond donors (Lipinski definition) is 0. The minimum atomic E-state index is -1.77. The van der Waals surface area contributed by atoms with E-state index in [1.54, 1.807) is 6.14 Å². The van der Waals surface area contributed by atoms with E-state index in [0.717, 1.165) is 0 Å². The minimum absolute atomic E-state index is 0.615. The van der Waals surface area contributed by atoms with Crippen LogP contribution in [0.5, 0.6) is 0 Å². The summed E-state index contributed by atoms with van der Waals surface area (Å²) in [6.07, 6.45) is 0. The Balaban J connectivity index is 1.46. The summed E-state index contributed by atoms with van der Waals surface area (Å²) < 4.78 is 3.25. The summed E-state index contributed by atoms with van der Waals surface area (Å²) in [4.78, 5) is 0. The van der Waals surface area contributed by atoms with Gasteiger partial charge in [0.15, 0.2) is 0 Å². The topological polar surface area (TPSA) is 0 Å². The molecule has 39 heavy (non-hydrogen) atoms. The summed E-state index contributed by atoms with van der Waals surface area (Å²) in [5.74, 6) is 0. The van der Waals surface area contributed by atoms with E-state index in [-0.39, 0.29) is 0 Å². The molecule has 184 valence electrons. The van der Waals surface area contributed by atoms with Gasteiger partial charge in [0, 0.05) is 0 Å². The molecule has 0 aliphatic carbocycles. The number of rotatable bonds is 8. The first-order valence-electron chi connectivity index (χ1n) is 13.3. The van der Waals surface area contributed by atoms with Crippen LogP contribution in [0.1, 0.15) is 0 Å². The monoisotopic (exact) mass is 724 g/mol. The van der Waals surface area contributed by atoms with Gasteiger partial charge in [-0.3, -0.25) is 0 Å². The van der Waals surface area contributed by atoms with Crippen LogP contribution in [0.15, 0.2) is 170 Å². The zero-order chi connectivity index (χ0) is 26.3. The summed E-state index contributed by atoms with van der Waals surface area (Å²) in [6, 6.07) is 63.1. The van der Waals surface area contributed by atoms with Gasteiger partial charge in [0.2, 0.25) is 0 Å². The van der Waals surface area contributed by atoms with Crippen molar-refractivity contribution in [3.05, 3.63) is 170 Å². The van der Waals surface area contributed by atoms with Crippen molar-refractivity contribution >= 4 is 53.8 Å². The van der Waals surface area contributed by atoms with Gasteiger partial charge >= 0.3 is 248 Å². The van der Waals surface area contributed by atoms with Gasteiger partial charge in [0.1, 0.15) is 0 Å². The molecule has 0 amide bonds. The van der Waals surface area contributed by atoms with Gasteiger partial charge in [0.25, 0.3) is 0 Å². The molecule has 0 N–H and O–H groups in total. The fraction of sp³-hybridized carbons (Fsp3) is 0. The first kappa shape index (κ1) is 26.3. The van der Waals surface area contributed by atoms with Crippen molar-refractivity contribution in [3.8, 4) is 0 Å². The Bertz CT molecular complexity index is 1420. The van der Waals surface area contributed by atoms with E-state index in [0.29, 0.717) is 0 Å². The van der Waals surface area contributed by atoms with Crippen LogP contribution in [-0.4, -0.2) is 0 Å². The van der Waals surface area contributed by atoms with Crippen molar-refractivity contribution in [2.24, 2.45) is 0 Å². The second kappa shape index (κ2) is 13.0. The van der Waals surface area contributed by atoms with E-state index < -0.39 is 40.4 Å². The normalized spacial score (nSPS) is 10.9. The van der Waals surface area contributed by atoms with E-state index in [9.17, 15) is 0 Å². The van der Waals surface area contributed by atoms with Gasteiger partial charge < -0.3 is 0 Å². The molecular formula is C36H28HgP2. The Hall–Kier alpha value is -2.88. The van der Waals surface area contributed by atoms with Gasteiger partial charge in [-0.25, -0.2) is 0 Å². The van der Waals surface area contributed by atoms with E-state index in [4.69, 9.17) is 0 Å². The summed E-state index contributed by atoms with van der Waals surface area (Å²) in [7, 11) is -1.23. The third kappa shape index (κ3) is 6.15. The molecule has 0 aliphatic heterocycles. The molecule has 0 saturated carbocycles. The second-order valence-electron chi connectivity index (χ2n) is 9.45. The molecule has 0 spiro atoms. The van der Waals surface area contributed by atoms with Crippen molar-refractivity contribution in [2.45, 2.75) is 0 Å². The van der Waals surface area contributed by atoms with Gasteiger partial charge in [-0.05, 0) is 0 Å². The first-order chi connectivity index (χ1) is 19.4. The summed E-state index contributed by atoms with van der Waals surface area (Å²) in [6.45, 7) is 0. The molecule has 0 nitrogen and oxygen atoms in total. The molecule has 0 fully saturated rings. The molecule has 0 radical (unpaired) electrons. The SMILES string of the molecule is c1ccc(P(c2ccccc2)c2cccc[c]2[Hg][c]2ccccc2P(c2ccccc2)c2ccccc2)cc1. The first-order valence-corrected chi connectivity index (χ1v) is 21.5. The third-order valence-corrected chi connectivity index (χ3v) is 22.1. The molecule has 3 heteroatoms. The van der Waals surface area contributed by atoms with E-state index in [1.165, 1.54) is 31.8 Å². The predicted octanol–water partition coefficient (Wildman–Crippen LogP) is 5.24. The maximum atomic E-state index is 2.43. The van der Waals surface area contributed by atoms with E-state index >= 15 is 0 Å². The van der Waals surface area contributed by atoms with Crippen molar-refractivity contribution in [1.82, 2.24) is 0 Å². The summed E-state index contributed by atoms with van der Waals surface area (Å²) >= 11 is -1.77. The molecule has 6 aromatic rings. The van der Waals surface area contributed by atoms with E-state index in [2.05, 4.69) is 170 Å². The predicted molar refractivity (Wildman–Crippen MR) is 170 cm³/mol. The number of hydrogen-bond acceptors (Lipinski definition) is 0. The van der Waals surface area contributed by atoms with Gasteiger partial charge in [-0.2, -0.15) is 0 Å². The van der Waals surface area contributed by atoms with Crippen molar-refractivity contribution in [1.29, 1.82) is 0 Å². The maximum absolute atomic E-state index is 2.43. The molecule has 0 bridgehead atoms. The van der Waals surface area contributed by atoms with Gasteiger partial charge in [-0.15, -0.1) is 0 Å². The molecule has 0 aromatic heterocycles. The standard InChI is InChI=1S/2C18H14P.Hg/c2*1-4-10-16(11-5-1)19(17-12-6-2-7-13-17)18-14-8-3-9-15-18;/h2*1-14H;. The summed E-state index contributed by atoms with van der Waals surface area (Å²) in [5.41, 5.74) is 0. The average molecular weight is 723 g/mol. The molecule has 0 atom stereocenters. The van der Waals surface area contributed by atoms with Crippen molar-refractivity contribution < 1.29 is 24.6 Å². The fourth-order valence-electron chi connectivity index (χ4n) is 5.12. The van der Waals surface area contributed by atoms with Crippen LogP contribution < -0.4 is 38.0 Å². The van der Waals surface area contributed by atoms with Crippen LogP contribution in [0.25, 0.3) is 0 Å². The van der Waals surface area contributed by atoms with Gasteiger partial charge in [0.05, 0.1) is 0 Å². The van der Waals surface area contributed by atoms with Crippen molar-refractivity contribution in [3.63, 3.8) is 0 Å². The van der Waals surface area contributed by atoms with Crippen LogP contribution in [0, 0.1) is 0 Å². The van der Waals surface area contributed by atoms with Crippen LogP contribution in [0.3, 0.4) is 0 Å². The Labute approximate surface area is 246 Å². The van der Waals surface area contributed by atoms with Crippen LogP contribution in [0.4, 0.5) is 0 Å². The Morgan fingerprint density at radius 1 is 0.282 bits per heavy atom. The molecule has 6 aromatic carbocycles. The fourth-order valence-corrected chi connectivity index (χ4v) is 20.9. The Morgan fingerprint density at radius 2 is 0.538 bits per heavy atom. The molecule has 0 unspecified atom stereocenters. The zero-order valence-corrected chi connectivity index (χ0v) is 29.1. The van der Waals surface area contributed by atoms with Crippen LogP contribution in [0.2, 0.25) is 0 Å². The molecule has 0 aliphatic rings. The number of benzene rings is 6. The second-order valence-corrected chi connectivity index (χ2v) is 21.1. The van der Waals surface area contributed by atoms with Gasteiger partial charge in [-0.1, -0.05) is 0 Å².